The molecule has 2 nitrogen and oxygen atoms in total. The topological polar surface area (TPSA) is 20.3 Å². The van der Waals surface area contributed by atoms with Gasteiger partial charge in [-0.2, -0.15) is 0 Å². The molecule has 1 unspecified atom stereocenters. The van der Waals surface area contributed by atoms with Crippen LogP contribution in [0.4, 0.5) is 5.69 Å². The largest absolute Gasteiger partial charge is 0.312 e. The van der Waals surface area contributed by atoms with E-state index in [1.807, 2.05) is 0 Å². The fraction of sp³-hybridized carbons (Fsp3) is 0.650. The van der Waals surface area contributed by atoms with Crippen LogP contribution in [0.1, 0.15) is 80.9 Å². The number of carbonyl (C=O) groups is 1. The highest BCUT2D eigenvalue weighted by molar-refractivity contribution is 5.96. The van der Waals surface area contributed by atoms with Crippen molar-refractivity contribution in [2.45, 2.75) is 76.5 Å². The summed E-state index contributed by atoms with van der Waals surface area (Å²) in [5.41, 5.74) is 6.24. The number of benzene rings is 1. The lowest BCUT2D eigenvalue weighted by atomic mass is 9.69. The van der Waals surface area contributed by atoms with Crippen molar-refractivity contribution < 1.29 is 4.79 Å². The second-order valence-electron chi connectivity index (χ2n) is 7.79. The Labute approximate surface area is 133 Å². The number of nitrogens with zero attached hydrogens (tertiary/aromatic N) is 1. The van der Waals surface area contributed by atoms with E-state index in [1.165, 1.54) is 55.3 Å². The van der Waals surface area contributed by atoms with E-state index in [0.29, 0.717) is 17.2 Å². The second-order valence-corrected chi connectivity index (χ2v) is 7.79. The fourth-order valence-corrected chi connectivity index (χ4v) is 5.53. The molecule has 1 aromatic rings. The molecule has 1 aliphatic heterocycles. The molecule has 1 amide bonds. The van der Waals surface area contributed by atoms with Gasteiger partial charge in [0.05, 0.1) is 0 Å². The molecular formula is C20H27NO. The zero-order chi connectivity index (χ0) is 15.3. The van der Waals surface area contributed by atoms with Crippen molar-refractivity contribution in [2.75, 3.05) is 11.4 Å². The summed E-state index contributed by atoms with van der Waals surface area (Å²) in [5, 5.41) is 0. The first kappa shape index (κ1) is 14.3. The Morgan fingerprint density at radius 2 is 1.91 bits per heavy atom. The Morgan fingerprint density at radius 3 is 2.59 bits per heavy atom. The highest BCUT2D eigenvalue weighted by atomic mass is 16.2. The number of fused-ring (bicyclic) bond motifs is 2. The molecule has 1 saturated heterocycles. The Kier molecular flexibility index (Phi) is 3.32. The summed E-state index contributed by atoms with van der Waals surface area (Å²) < 4.78 is 0. The van der Waals surface area contributed by atoms with Gasteiger partial charge in [-0.1, -0.05) is 32.3 Å². The van der Waals surface area contributed by atoms with Crippen molar-refractivity contribution in [1.82, 2.24) is 0 Å². The molecule has 22 heavy (non-hydrogen) atoms. The van der Waals surface area contributed by atoms with Crippen molar-refractivity contribution in [3.8, 4) is 0 Å². The Balaban J connectivity index is 1.86. The van der Waals surface area contributed by atoms with Gasteiger partial charge in [-0.25, -0.2) is 0 Å². The van der Waals surface area contributed by atoms with E-state index in [9.17, 15) is 4.79 Å². The van der Waals surface area contributed by atoms with Gasteiger partial charge in [0.25, 0.3) is 0 Å². The van der Waals surface area contributed by atoms with E-state index in [1.54, 1.807) is 5.56 Å². The molecule has 1 spiro atoms. The molecule has 2 fully saturated rings. The van der Waals surface area contributed by atoms with E-state index in [4.69, 9.17) is 0 Å². The number of carbonyl (C=O) groups excluding carboxylic acids is 1. The smallest absolute Gasteiger partial charge is 0.227 e. The minimum atomic E-state index is 0.322. The van der Waals surface area contributed by atoms with Crippen LogP contribution in [0.2, 0.25) is 0 Å². The van der Waals surface area contributed by atoms with Crippen molar-refractivity contribution in [3.63, 3.8) is 0 Å². The van der Waals surface area contributed by atoms with Crippen LogP contribution >= 0.6 is 0 Å². The molecular weight excluding hydrogens is 270 g/mol. The molecule has 0 bridgehead atoms. The predicted octanol–water partition coefficient (Wildman–Crippen LogP) is 4.83. The number of hydrogen-bond acceptors (Lipinski definition) is 1. The summed E-state index contributed by atoms with van der Waals surface area (Å²) in [5.74, 6) is 0.916. The Hall–Kier alpha value is -1.31. The van der Waals surface area contributed by atoms with Crippen LogP contribution in [0.25, 0.3) is 0 Å². The van der Waals surface area contributed by atoms with Gasteiger partial charge in [0, 0.05) is 18.7 Å². The molecule has 0 radical (unpaired) electrons. The SMILES string of the molecule is Cc1ccc(N2CCCC2=O)c2c1C1(CCCCC1)CC2C. The van der Waals surface area contributed by atoms with Gasteiger partial charge in [0.2, 0.25) is 5.91 Å². The minimum absolute atomic E-state index is 0.322. The number of rotatable bonds is 1. The Morgan fingerprint density at radius 1 is 1.14 bits per heavy atom. The van der Waals surface area contributed by atoms with Crippen molar-refractivity contribution in [1.29, 1.82) is 0 Å². The second kappa shape index (κ2) is 5.11. The predicted molar refractivity (Wildman–Crippen MR) is 90.6 cm³/mol. The van der Waals surface area contributed by atoms with Crippen LogP contribution in [0.15, 0.2) is 12.1 Å². The molecule has 2 aliphatic carbocycles. The molecule has 0 N–H and O–H groups in total. The maximum absolute atomic E-state index is 12.3. The van der Waals surface area contributed by atoms with Crippen LogP contribution in [0, 0.1) is 6.92 Å². The van der Waals surface area contributed by atoms with Crippen LogP contribution < -0.4 is 4.90 Å². The number of anilines is 1. The van der Waals surface area contributed by atoms with E-state index in [2.05, 4.69) is 30.9 Å². The minimum Gasteiger partial charge on any atom is -0.312 e. The van der Waals surface area contributed by atoms with Gasteiger partial charge < -0.3 is 4.90 Å². The molecule has 0 aromatic heterocycles. The Bertz CT molecular complexity index is 612. The van der Waals surface area contributed by atoms with E-state index in [-0.39, 0.29) is 0 Å². The molecule has 3 aliphatic rings. The average molecular weight is 297 g/mol. The summed E-state index contributed by atoms with van der Waals surface area (Å²) in [6, 6.07) is 4.49. The highest BCUT2D eigenvalue weighted by Gasteiger charge is 2.45. The van der Waals surface area contributed by atoms with Crippen LogP contribution in [0.3, 0.4) is 0 Å². The van der Waals surface area contributed by atoms with Crippen molar-refractivity contribution >= 4 is 11.6 Å². The fourth-order valence-electron chi connectivity index (χ4n) is 5.53. The third-order valence-electron chi connectivity index (χ3n) is 6.33. The standard InChI is InChI=1S/C20H27NO/c1-14-8-9-16(21-12-6-7-17(21)22)18-15(2)13-20(19(14)18)10-4-3-5-11-20/h8-9,15H,3-7,10-13H2,1-2H3. The molecule has 1 atom stereocenters. The molecule has 118 valence electrons. The summed E-state index contributed by atoms with van der Waals surface area (Å²) in [7, 11) is 0. The zero-order valence-electron chi connectivity index (χ0n) is 14.0. The molecule has 4 rings (SSSR count). The van der Waals surface area contributed by atoms with Crippen molar-refractivity contribution in [2.24, 2.45) is 0 Å². The summed E-state index contributed by atoms with van der Waals surface area (Å²) in [4.78, 5) is 14.3. The van der Waals surface area contributed by atoms with Crippen LogP contribution in [-0.2, 0) is 10.2 Å². The van der Waals surface area contributed by atoms with Gasteiger partial charge in [0.1, 0.15) is 0 Å². The zero-order valence-corrected chi connectivity index (χ0v) is 14.0. The van der Waals surface area contributed by atoms with Crippen LogP contribution in [0.5, 0.6) is 0 Å². The van der Waals surface area contributed by atoms with Gasteiger partial charge in [-0.05, 0) is 66.7 Å². The normalized spacial score (nSPS) is 26.7. The average Bonchev–Trinajstić information content (AvgIpc) is 3.04. The van der Waals surface area contributed by atoms with Crippen molar-refractivity contribution in [3.05, 3.63) is 28.8 Å². The number of hydrogen-bond donors (Lipinski definition) is 0. The molecule has 1 heterocycles. The third kappa shape index (κ3) is 1.96. The van der Waals surface area contributed by atoms with Gasteiger partial charge in [-0.3, -0.25) is 4.79 Å². The quantitative estimate of drug-likeness (QED) is 0.727. The first-order valence-electron chi connectivity index (χ1n) is 9.07. The summed E-state index contributed by atoms with van der Waals surface area (Å²) in [6.07, 6.45) is 9.88. The third-order valence-corrected chi connectivity index (χ3v) is 6.33. The maximum atomic E-state index is 12.3. The molecule has 1 aromatic carbocycles. The lowest BCUT2D eigenvalue weighted by Gasteiger charge is -2.36. The van der Waals surface area contributed by atoms with E-state index >= 15 is 0 Å². The number of amides is 1. The van der Waals surface area contributed by atoms with E-state index < -0.39 is 0 Å². The lowest BCUT2D eigenvalue weighted by Crippen LogP contribution is -2.28. The van der Waals surface area contributed by atoms with E-state index in [0.717, 1.165) is 19.4 Å². The van der Waals surface area contributed by atoms with Gasteiger partial charge >= 0.3 is 0 Å². The van der Waals surface area contributed by atoms with Gasteiger partial charge in [-0.15, -0.1) is 0 Å². The van der Waals surface area contributed by atoms with Crippen LogP contribution in [-0.4, -0.2) is 12.5 Å². The van der Waals surface area contributed by atoms with Gasteiger partial charge in [0.15, 0.2) is 0 Å². The maximum Gasteiger partial charge on any atom is 0.227 e. The first-order chi connectivity index (χ1) is 10.6. The monoisotopic (exact) mass is 297 g/mol. The lowest BCUT2D eigenvalue weighted by molar-refractivity contribution is -0.117. The summed E-state index contributed by atoms with van der Waals surface area (Å²) >= 11 is 0. The number of aryl methyl sites for hydroxylation is 1. The highest BCUT2D eigenvalue weighted by Crippen LogP contribution is 2.56. The first-order valence-corrected chi connectivity index (χ1v) is 9.07. The molecule has 1 saturated carbocycles. The summed E-state index contributed by atoms with van der Waals surface area (Å²) in [6.45, 7) is 5.57. The molecule has 2 heteroatoms.